The molecule has 4 aliphatic rings. The Kier molecular flexibility index (Phi) is 5.98. The molecule has 0 radical (unpaired) electrons. The topological polar surface area (TPSA) is 102 Å². The molecule has 2 aromatic rings. The second-order valence-electron chi connectivity index (χ2n) is 10.2. The summed E-state index contributed by atoms with van der Waals surface area (Å²) in [5.74, 6) is 0.416. The number of ether oxygens (including phenoxy) is 3. The minimum atomic E-state index is -1.94. The van der Waals surface area contributed by atoms with Crippen LogP contribution in [0.4, 0.5) is 0 Å². The van der Waals surface area contributed by atoms with E-state index in [-0.39, 0.29) is 18.0 Å². The highest BCUT2D eigenvalue weighted by Gasteiger charge is 2.52. The molecule has 0 amide bonds. The van der Waals surface area contributed by atoms with E-state index in [1.807, 2.05) is 24.3 Å². The lowest BCUT2D eigenvalue weighted by Gasteiger charge is -2.57. The van der Waals surface area contributed by atoms with Crippen LogP contribution in [0.25, 0.3) is 11.1 Å². The number of rotatable bonds is 9. The third-order valence-electron chi connectivity index (χ3n) is 7.81. The van der Waals surface area contributed by atoms with Crippen LogP contribution < -0.4 is 9.47 Å². The molecule has 7 heteroatoms. The van der Waals surface area contributed by atoms with E-state index in [9.17, 15) is 9.59 Å². The van der Waals surface area contributed by atoms with Gasteiger partial charge in [-0.2, -0.15) is 0 Å². The van der Waals surface area contributed by atoms with Gasteiger partial charge < -0.3 is 24.4 Å². The second kappa shape index (κ2) is 8.95. The van der Waals surface area contributed by atoms with Crippen LogP contribution >= 0.6 is 0 Å². The zero-order chi connectivity index (χ0) is 23.9. The van der Waals surface area contributed by atoms with E-state index in [0.29, 0.717) is 0 Å². The van der Waals surface area contributed by atoms with Gasteiger partial charge in [-0.25, -0.2) is 9.59 Å². The molecule has 4 fully saturated rings. The second-order valence-corrected chi connectivity index (χ2v) is 10.2. The first kappa shape index (κ1) is 22.7. The summed E-state index contributed by atoms with van der Waals surface area (Å²) in [6.45, 7) is 0.207. The Morgan fingerprint density at radius 2 is 1.47 bits per heavy atom. The number of hydrogen-bond acceptors (Lipinski definition) is 5. The fourth-order valence-corrected chi connectivity index (χ4v) is 6.88. The lowest BCUT2D eigenvalue weighted by molar-refractivity contribution is -0.159. The number of benzene rings is 2. The Morgan fingerprint density at radius 3 is 2.00 bits per heavy atom. The van der Waals surface area contributed by atoms with Gasteiger partial charge in [0.2, 0.25) is 0 Å². The summed E-state index contributed by atoms with van der Waals surface area (Å²) >= 11 is 0. The third-order valence-corrected chi connectivity index (χ3v) is 7.81. The molecule has 0 saturated heterocycles. The predicted octanol–water partition coefficient (Wildman–Crippen LogP) is 4.72. The van der Waals surface area contributed by atoms with Crippen molar-refractivity contribution in [3.05, 3.63) is 48.0 Å². The molecule has 34 heavy (non-hydrogen) atoms. The molecular weight excluding hydrogens is 436 g/mol. The maximum Gasteiger partial charge on any atom is 0.356 e. The maximum atomic E-state index is 11.1. The van der Waals surface area contributed by atoms with Crippen LogP contribution in [0.1, 0.15) is 44.1 Å². The van der Waals surface area contributed by atoms with E-state index in [2.05, 4.69) is 6.07 Å². The normalized spacial score (nSPS) is 27.1. The molecule has 0 heterocycles. The summed E-state index contributed by atoms with van der Waals surface area (Å²) in [6.07, 6.45) is 5.79. The van der Waals surface area contributed by atoms with Crippen molar-refractivity contribution in [2.45, 2.75) is 50.0 Å². The quantitative estimate of drug-likeness (QED) is 0.407. The Balaban J connectivity index is 1.45. The monoisotopic (exact) mass is 466 g/mol. The minimum Gasteiger partial charge on any atom is -0.478 e. The van der Waals surface area contributed by atoms with E-state index < -0.39 is 18.0 Å². The van der Waals surface area contributed by atoms with Crippen LogP contribution in [0.15, 0.2) is 42.5 Å². The Hall–Kier alpha value is -3.06. The zero-order valence-corrected chi connectivity index (χ0v) is 19.2. The standard InChI is InChI=1S/C27H30O7/c1-32-15-33-23-7-4-20(19-2-5-21(6-3-19)34-24(25(28)29)26(30)31)11-22(23)27-12-16-8-17(13-27)10-18(9-16)14-27/h2-7,11,16-18,24H,8-10,12-15H2,1H3,(H,28,29)(H,30,31). The molecule has 0 aliphatic heterocycles. The van der Waals surface area contributed by atoms with Gasteiger partial charge in [-0.05, 0) is 97.1 Å². The van der Waals surface area contributed by atoms with Gasteiger partial charge in [-0.15, -0.1) is 0 Å². The van der Waals surface area contributed by atoms with Crippen LogP contribution in [0.3, 0.4) is 0 Å². The molecular formula is C27H30O7. The fraction of sp³-hybridized carbons (Fsp3) is 0.481. The zero-order valence-electron chi connectivity index (χ0n) is 19.2. The van der Waals surface area contributed by atoms with E-state index in [4.69, 9.17) is 24.4 Å². The molecule has 0 aromatic heterocycles. The molecule has 2 aromatic carbocycles. The lowest BCUT2D eigenvalue weighted by Crippen LogP contribution is -2.48. The Labute approximate surface area is 198 Å². The van der Waals surface area contributed by atoms with Crippen LogP contribution in [0.5, 0.6) is 11.5 Å². The van der Waals surface area contributed by atoms with Gasteiger partial charge in [0.15, 0.2) is 6.79 Å². The molecule has 6 rings (SSSR count). The highest BCUT2D eigenvalue weighted by atomic mass is 16.7. The lowest BCUT2D eigenvalue weighted by atomic mass is 9.48. The molecule has 7 nitrogen and oxygen atoms in total. The van der Waals surface area contributed by atoms with Crippen molar-refractivity contribution >= 4 is 11.9 Å². The van der Waals surface area contributed by atoms with Gasteiger partial charge in [0.05, 0.1) is 0 Å². The van der Waals surface area contributed by atoms with Crippen molar-refractivity contribution in [1.82, 2.24) is 0 Å². The molecule has 4 bridgehead atoms. The van der Waals surface area contributed by atoms with Gasteiger partial charge in [0.25, 0.3) is 6.10 Å². The van der Waals surface area contributed by atoms with Crippen LogP contribution in [-0.4, -0.2) is 42.2 Å². The van der Waals surface area contributed by atoms with Gasteiger partial charge >= 0.3 is 11.9 Å². The first-order chi connectivity index (χ1) is 16.4. The molecule has 180 valence electrons. The van der Waals surface area contributed by atoms with Crippen LogP contribution in [0.2, 0.25) is 0 Å². The van der Waals surface area contributed by atoms with Gasteiger partial charge in [0.1, 0.15) is 11.5 Å². The number of methoxy groups -OCH3 is 1. The summed E-state index contributed by atoms with van der Waals surface area (Å²) in [4.78, 5) is 22.2. The van der Waals surface area contributed by atoms with Gasteiger partial charge in [0, 0.05) is 12.7 Å². The van der Waals surface area contributed by atoms with Crippen molar-refractivity contribution in [3.63, 3.8) is 0 Å². The fourth-order valence-electron chi connectivity index (χ4n) is 6.88. The average molecular weight is 467 g/mol. The highest BCUT2D eigenvalue weighted by molar-refractivity contribution is 5.96. The van der Waals surface area contributed by atoms with Crippen molar-refractivity contribution < 1.29 is 34.0 Å². The summed E-state index contributed by atoms with van der Waals surface area (Å²) in [6, 6.07) is 13.1. The molecule has 0 unspecified atom stereocenters. The molecule has 2 N–H and O–H groups in total. The Bertz CT molecular complexity index is 1030. The third kappa shape index (κ3) is 4.25. The van der Waals surface area contributed by atoms with Crippen molar-refractivity contribution in [3.8, 4) is 22.6 Å². The van der Waals surface area contributed by atoms with E-state index >= 15 is 0 Å². The summed E-state index contributed by atoms with van der Waals surface area (Å²) in [5.41, 5.74) is 3.39. The van der Waals surface area contributed by atoms with Crippen LogP contribution in [0, 0.1) is 17.8 Å². The number of carboxylic acid groups (broad SMARTS) is 2. The number of carbonyl (C=O) groups is 2. The van der Waals surface area contributed by atoms with E-state index in [1.54, 1.807) is 19.2 Å². The van der Waals surface area contributed by atoms with Crippen LogP contribution in [-0.2, 0) is 19.7 Å². The van der Waals surface area contributed by atoms with Crippen molar-refractivity contribution in [1.29, 1.82) is 0 Å². The average Bonchev–Trinajstić information content (AvgIpc) is 2.80. The van der Waals surface area contributed by atoms with Crippen molar-refractivity contribution in [2.75, 3.05) is 13.9 Å². The van der Waals surface area contributed by atoms with Gasteiger partial charge in [-0.1, -0.05) is 18.2 Å². The molecule has 0 spiro atoms. The largest absolute Gasteiger partial charge is 0.478 e. The SMILES string of the molecule is COCOc1ccc(-c2ccc(OC(C(=O)O)C(=O)O)cc2)cc1C12CC3CC(CC(C3)C1)C2. The maximum absolute atomic E-state index is 11.1. The van der Waals surface area contributed by atoms with Crippen molar-refractivity contribution in [2.24, 2.45) is 17.8 Å². The summed E-state index contributed by atoms with van der Waals surface area (Å²) < 4.78 is 16.4. The predicted molar refractivity (Wildman–Crippen MR) is 124 cm³/mol. The molecule has 4 saturated carbocycles. The van der Waals surface area contributed by atoms with Gasteiger partial charge in [-0.3, -0.25) is 0 Å². The smallest absolute Gasteiger partial charge is 0.356 e. The van der Waals surface area contributed by atoms with E-state index in [0.717, 1.165) is 34.6 Å². The molecule has 4 aliphatic carbocycles. The first-order valence-corrected chi connectivity index (χ1v) is 11.9. The summed E-state index contributed by atoms with van der Waals surface area (Å²) in [7, 11) is 1.63. The Morgan fingerprint density at radius 1 is 0.912 bits per heavy atom. The highest BCUT2D eigenvalue weighted by Crippen LogP contribution is 2.62. The minimum absolute atomic E-state index is 0.146. The number of carboxylic acids is 2. The first-order valence-electron chi connectivity index (χ1n) is 11.9. The number of aliphatic carboxylic acids is 2. The molecule has 0 atom stereocenters. The summed E-state index contributed by atoms with van der Waals surface area (Å²) in [5, 5.41) is 18.1. The number of hydrogen-bond donors (Lipinski definition) is 2. The van der Waals surface area contributed by atoms with E-state index in [1.165, 1.54) is 44.1 Å².